The van der Waals surface area contributed by atoms with Gasteiger partial charge in [0.25, 0.3) is 10.0 Å². The Morgan fingerprint density at radius 1 is 0.885 bits per heavy atom. The highest BCUT2D eigenvalue weighted by molar-refractivity contribution is 7.92. The van der Waals surface area contributed by atoms with Crippen molar-refractivity contribution >= 4 is 48.9 Å². The van der Waals surface area contributed by atoms with Gasteiger partial charge in [-0.05, 0) is 48.5 Å². The van der Waals surface area contributed by atoms with E-state index in [2.05, 4.69) is 9.71 Å². The SMILES string of the molecule is O=S(=O)(Nc1ccccc1-c1nc2ccccc2s1)c1ccc(Cl)cc1. The average molecular weight is 401 g/mol. The number of aromatic nitrogens is 1. The molecule has 0 aliphatic carbocycles. The summed E-state index contributed by atoms with van der Waals surface area (Å²) >= 11 is 7.37. The van der Waals surface area contributed by atoms with Gasteiger partial charge in [-0.1, -0.05) is 35.9 Å². The van der Waals surface area contributed by atoms with Crippen LogP contribution in [0.5, 0.6) is 0 Å². The van der Waals surface area contributed by atoms with Crippen molar-refractivity contribution in [2.75, 3.05) is 4.72 Å². The molecule has 0 bridgehead atoms. The Balaban J connectivity index is 1.75. The normalized spacial score (nSPS) is 11.6. The zero-order valence-electron chi connectivity index (χ0n) is 13.4. The second kappa shape index (κ2) is 6.72. The zero-order valence-corrected chi connectivity index (χ0v) is 15.8. The number of sulfonamides is 1. The number of fused-ring (bicyclic) bond motifs is 1. The maximum Gasteiger partial charge on any atom is 0.261 e. The van der Waals surface area contributed by atoms with Crippen molar-refractivity contribution in [3.8, 4) is 10.6 Å². The van der Waals surface area contributed by atoms with Gasteiger partial charge in [-0.25, -0.2) is 13.4 Å². The predicted octanol–water partition coefficient (Wildman–Crippen LogP) is 5.42. The van der Waals surface area contributed by atoms with Crippen LogP contribution in [0, 0.1) is 0 Å². The van der Waals surface area contributed by atoms with Crippen LogP contribution in [0.15, 0.2) is 77.7 Å². The molecule has 0 spiro atoms. The fourth-order valence-corrected chi connectivity index (χ4v) is 4.77. The highest BCUT2D eigenvalue weighted by atomic mass is 35.5. The van der Waals surface area contributed by atoms with Gasteiger partial charge in [-0.15, -0.1) is 11.3 Å². The molecule has 0 unspecified atom stereocenters. The Bertz CT molecular complexity index is 1150. The summed E-state index contributed by atoms with van der Waals surface area (Å²) in [5.74, 6) is 0. The van der Waals surface area contributed by atoms with E-state index in [0.717, 1.165) is 20.8 Å². The first kappa shape index (κ1) is 17.0. The standard InChI is InChI=1S/C19H13ClN2O2S2/c20-13-9-11-14(12-10-13)26(23,24)22-16-6-2-1-5-15(16)19-21-17-7-3-4-8-18(17)25-19/h1-12,22H. The molecule has 4 aromatic rings. The first-order chi connectivity index (χ1) is 12.5. The lowest BCUT2D eigenvalue weighted by Gasteiger charge is -2.11. The Morgan fingerprint density at radius 2 is 1.58 bits per heavy atom. The topological polar surface area (TPSA) is 59.1 Å². The number of halogens is 1. The van der Waals surface area contributed by atoms with E-state index >= 15 is 0 Å². The van der Waals surface area contributed by atoms with Crippen molar-refractivity contribution in [1.82, 2.24) is 4.98 Å². The fraction of sp³-hybridized carbons (Fsp3) is 0. The lowest BCUT2D eigenvalue weighted by atomic mass is 10.2. The largest absolute Gasteiger partial charge is 0.279 e. The number of benzene rings is 3. The first-order valence-corrected chi connectivity index (χ1v) is 10.4. The third-order valence-corrected chi connectivity index (χ3v) is 6.52. The summed E-state index contributed by atoms with van der Waals surface area (Å²) in [5.41, 5.74) is 2.12. The van der Waals surface area contributed by atoms with Crippen LogP contribution in [0.25, 0.3) is 20.8 Å². The molecule has 0 aliphatic rings. The van der Waals surface area contributed by atoms with Crippen LogP contribution in [0.2, 0.25) is 5.02 Å². The number of para-hydroxylation sites is 2. The summed E-state index contributed by atoms with van der Waals surface area (Å²) in [4.78, 5) is 4.78. The highest BCUT2D eigenvalue weighted by Crippen LogP contribution is 2.35. The lowest BCUT2D eigenvalue weighted by molar-refractivity contribution is 0.601. The molecule has 0 amide bonds. The molecule has 7 heteroatoms. The second-order valence-corrected chi connectivity index (χ2v) is 8.74. The summed E-state index contributed by atoms with van der Waals surface area (Å²) in [6.07, 6.45) is 0. The molecule has 1 aromatic heterocycles. The van der Waals surface area contributed by atoms with E-state index in [1.165, 1.54) is 23.5 Å². The summed E-state index contributed by atoms with van der Waals surface area (Å²) in [7, 11) is -3.72. The molecular weight excluding hydrogens is 388 g/mol. The Hall–Kier alpha value is -2.41. The predicted molar refractivity (Wildman–Crippen MR) is 107 cm³/mol. The molecule has 0 fully saturated rings. The van der Waals surface area contributed by atoms with Crippen LogP contribution < -0.4 is 4.72 Å². The molecule has 0 saturated heterocycles. The number of hydrogen-bond acceptors (Lipinski definition) is 4. The fourth-order valence-electron chi connectivity index (χ4n) is 2.56. The molecule has 1 N–H and O–H groups in total. The van der Waals surface area contributed by atoms with E-state index in [9.17, 15) is 8.42 Å². The van der Waals surface area contributed by atoms with Gasteiger partial charge in [0.1, 0.15) is 5.01 Å². The molecule has 4 rings (SSSR count). The minimum Gasteiger partial charge on any atom is -0.279 e. The summed E-state index contributed by atoms with van der Waals surface area (Å²) in [5, 5.41) is 1.25. The number of anilines is 1. The molecule has 3 aromatic carbocycles. The van der Waals surface area contributed by atoms with Crippen molar-refractivity contribution in [2.45, 2.75) is 4.90 Å². The van der Waals surface area contributed by atoms with Gasteiger partial charge in [-0.2, -0.15) is 0 Å². The van der Waals surface area contributed by atoms with Crippen molar-refractivity contribution in [1.29, 1.82) is 0 Å². The van der Waals surface area contributed by atoms with E-state index in [1.54, 1.807) is 24.3 Å². The van der Waals surface area contributed by atoms with Gasteiger partial charge in [0.2, 0.25) is 0 Å². The third-order valence-electron chi connectivity index (χ3n) is 3.82. The van der Waals surface area contributed by atoms with Gasteiger partial charge in [-0.3, -0.25) is 4.72 Å². The highest BCUT2D eigenvalue weighted by Gasteiger charge is 2.17. The molecule has 0 aliphatic heterocycles. The van der Waals surface area contributed by atoms with Crippen molar-refractivity contribution in [2.24, 2.45) is 0 Å². The Kier molecular flexibility index (Phi) is 4.40. The number of nitrogens with zero attached hydrogens (tertiary/aromatic N) is 1. The van der Waals surface area contributed by atoms with Crippen molar-refractivity contribution in [3.63, 3.8) is 0 Å². The monoisotopic (exact) mass is 400 g/mol. The lowest BCUT2D eigenvalue weighted by Crippen LogP contribution is -2.13. The minimum atomic E-state index is -3.72. The van der Waals surface area contributed by atoms with Crippen molar-refractivity contribution in [3.05, 3.63) is 77.8 Å². The molecule has 0 atom stereocenters. The van der Waals surface area contributed by atoms with Gasteiger partial charge >= 0.3 is 0 Å². The summed E-state index contributed by atoms with van der Waals surface area (Å²) in [6.45, 7) is 0. The number of nitrogens with one attached hydrogen (secondary N) is 1. The molecule has 0 saturated carbocycles. The number of thiazole rings is 1. The molecule has 26 heavy (non-hydrogen) atoms. The van der Waals surface area contributed by atoms with Crippen LogP contribution in [-0.2, 0) is 10.0 Å². The maximum atomic E-state index is 12.7. The van der Waals surface area contributed by atoms with Crippen LogP contribution in [0.1, 0.15) is 0 Å². The second-order valence-electron chi connectivity index (χ2n) is 5.59. The van der Waals surface area contributed by atoms with E-state index < -0.39 is 10.0 Å². The smallest absolute Gasteiger partial charge is 0.261 e. The molecule has 130 valence electrons. The summed E-state index contributed by atoms with van der Waals surface area (Å²) in [6, 6.07) is 21.1. The quantitative estimate of drug-likeness (QED) is 0.497. The Morgan fingerprint density at radius 3 is 2.35 bits per heavy atom. The van der Waals surface area contributed by atoms with Gasteiger partial charge in [0, 0.05) is 10.6 Å². The van der Waals surface area contributed by atoms with Crippen LogP contribution in [-0.4, -0.2) is 13.4 Å². The van der Waals surface area contributed by atoms with Crippen LogP contribution in [0.3, 0.4) is 0 Å². The Labute approximate surface area is 160 Å². The summed E-state index contributed by atoms with van der Waals surface area (Å²) < 4.78 is 29.1. The van der Waals surface area contributed by atoms with Crippen molar-refractivity contribution < 1.29 is 8.42 Å². The van der Waals surface area contributed by atoms with Crippen LogP contribution >= 0.6 is 22.9 Å². The van der Waals surface area contributed by atoms with Gasteiger partial charge in [0.05, 0.1) is 20.8 Å². The molecule has 0 radical (unpaired) electrons. The van der Waals surface area contributed by atoms with Gasteiger partial charge < -0.3 is 0 Å². The van der Waals surface area contributed by atoms with E-state index in [4.69, 9.17) is 11.6 Å². The van der Waals surface area contributed by atoms with Crippen LogP contribution in [0.4, 0.5) is 5.69 Å². The molecule has 4 nitrogen and oxygen atoms in total. The average Bonchev–Trinajstić information content (AvgIpc) is 3.06. The van der Waals surface area contributed by atoms with E-state index in [0.29, 0.717) is 10.7 Å². The van der Waals surface area contributed by atoms with Gasteiger partial charge in [0.15, 0.2) is 0 Å². The number of rotatable bonds is 4. The zero-order chi connectivity index (χ0) is 18.1. The number of hydrogen-bond donors (Lipinski definition) is 1. The first-order valence-electron chi connectivity index (χ1n) is 7.76. The van der Waals surface area contributed by atoms with E-state index in [1.807, 2.05) is 36.4 Å². The molecular formula is C19H13ClN2O2S2. The minimum absolute atomic E-state index is 0.154. The molecule has 1 heterocycles. The third kappa shape index (κ3) is 3.31. The van der Waals surface area contributed by atoms with E-state index in [-0.39, 0.29) is 4.90 Å². The maximum absolute atomic E-state index is 12.7.